The van der Waals surface area contributed by atoms with Crippen LogP contribution in [0.15, 0.2) is 60.7 Å². The number of benzene rings is 2. The van der Waals surface area contributed by atoms with E-state index in [-0.39, 0.29) is 6.42 Å². The highest BCUT2D eigenvalue weighted by Crippen LogP contribution is 2.28. The average molecular weight is 366 g/mol. The van der Waals surface area contributed by atoms with Gasteiger partial charge in [0, 0.05) is 19.1 Å². The van der Waals surface area contributed by atoms with Crippen molar-refractivity contribution in [1.29, 1.82) is 0 Å². The van der Waals surface area contributed by atoms with Gasteiger partial charge in [-0.3, -0.25) is 0 Å². The number of para-hydroxylation sites is 1. The minimum atomic E-state index is -1.35. The van der Waals surface area contributed by atoms with Crippen LogP contribution in [0.1, 0.15) is 12.6 Å². The quantitative estimate of drug-likeness (QED) is 0.692. The molecule has 0 saturated heterocycles. The first-order valence-electron chi connectivity index (χ1n) is 8.54. The molecule has 1 aromatic heterocycles. The van der Waals surface area contributed by atoms with Gasteiger partial charge in [0.2, 0.25) is 0 Å². The van der Waals surface area contributed by atoms with Crippen LogP contribution >= 0.6 is 0 Å². The molecule has 6 heteroatoms. The second kappa shape index (κ2) is 7.63. The van der Waals surface area contributed by atoms with E-state index in [1.165, 1.54) is 7.11 Å². The SMILES string of the molecule is COc1cccc(-c2cc(CC(C)(OC)C(=O)O)nn2-c2ccccc2)c1. The summed E-state index contributed by atoms with van der Waals surface area (Å²) in [4.78, 5) is 11.6. The molecule has 1 heterocycles. The van der Waals surface area contributed by atoms with Gasteiger partial charge >= 0.3 is 5.97 Å². The van der Waals surface area contributed by atoms with Crippen molar-refractivity contribution in [2.45, 2.75) is 18.9 Å². The fourth-order valence-electron chi connectivity index (χ4n) is 2.85. The zero-order valence-corrected chi connectivity index (χ0v) is 15.5. The van der Waals surface area contributed by atoms with Crippen LogP contribution in [0.25, 0.3) is 16.9 Å². The summed E-state index contributed by atoms with van der Waals surface area (Å²) >= 11 is 0. The lowest BCUT2D eigenvalue weighted by atomic mass is 9.99. The van der Waals surface area contributed by atoms with Crippen LogP contribution in [0.4, 0.5) is 0 Å². The van der Waals surface area contributed by atoms with Crippen molar-refractivity contribution in [3.63, 3.8) is 0 Å². The Hall–Kier alpha value is -3.12. The number of hydrogen-bond acceptors (Lipinski definition) is 4. The summed E-state index contributed by atoms with van der Waals surface area (Å²) in [5.41, 5.74) is 1.94. The maximum atomic E-state index is 11.6. The predicted octanol–water partition coefficient (Wildman–Crippen LogP) is 3.58. The molecular formula is C21H22N2O4. The molecule has 140 valence electrons. The Kier molecular flexibility index (Phi) is 5.28. The minimum Gasteiger partial charge on any atom is -0.497 e. The van der Waals surface area contributed by atoms with Crippen molar-refractivity contribution in [2.24, 2.45) is 0 Å². The average Bonchev–Trinajstić information content (AvgIpc) is 3.12. The summed E-state index contributed by atoms with van der Waals surface area (Å²) in [6.07, 6.45) is 0.148. The van der Waals surface area contributed by atoms with Crippen LogP contribution < -0.4 is 4.74 Å². The van der Waals surface area contributed by atoms with Gasteiger partial charge in [0.15, 0.2) is 5.60 Å². The number of aliphatic carboxylic acids is 1. The second-order valence-corrected chi connectivity index (χ2v) is 6.42. The van der Waals surface area contributed by atoms with Crippen LogP contribution in [0, 0.1) is 0 Å². The molecule has 0 bridgehead atoms. The first-order valence-corrected chi connectivity index (χ1v) is 8.54. The third-order valence-electron chi connectivity index (χ3n) is 4.55. The highest BCUT2D eigenvalue weighted by atomic mass is 16.5. The number of hydrogen-bond donors (Lipinski definition) is 1. The first kappa shape index (κ1) is 18.7. The van der Waals surface area contributed by atoms with Crippen LogP contribution in [0.3, 0.4) is 0 Å². The maximum Gasteiger partial charge on any atom is 0.336 e. The van der Waals surface area contributed by atoms with Gasteiger partial charge < -0.3 is 14.6 Å². The molecule has 0 aliphatic carbocycles. The Labute approximate surface area is 158 Å². The molecule has 3 rings (SSSR count). The molecule has 27 heavy (non-hydrogen) atoms. The number of aromatic nitrogens is 2. The molecule has 1 unspecified atom stereocenters. The predicted molar refractivity (Wildman–Crippen MR) is 102 cm³/mol. The Morgan fingerprint density at radius 1 is 1.11 bits per heavy atom. The molecule has 0 spiro atoms. The monoisotopic (exact) mass is 366 g/mol. The zero-order chi connectivity index (χ0) is 19.4. The van der Waals surface area contributed by atoms with Crippen LogP contribution in [0.2, 0.25) is 0 Å². The molecule has 0 amide bonds. The number of carboxylic acids is 1. The highest BCUT2D eigenvalue weighted by Gasteiger charge is 2.34. The molecule has 0 radical (unpaired) electrons. The van der Waals surface area contributed by atoms with E-state index in [0.29, 0.717) is 5.69 Å². The topological polar surface area (TPSA) is 73.6 Å². The van der Waals surface area contributed by atoms with Gasteiger partial charge in [-0.25, -0.2) is 9.48 Å². The number of methoxy groups -OCH3 is 2. The van der Waals surface area contributed by atoms with E-state index in [0.717, 1.165) is 22.7 Å². The van der Waals surface area contributed by atoms with Crippen molar-refractivity contribution < 1.29 is 19.4 Å². The molecule has 0 fully saturated rings. The van der Waals surface area contributed by atoms with Crippen LogP contribution in [0.5, 0.6) is 5.75 Å². The van der Waals surface area contributed by atoms with E-state index in [1.807, 2.05) is 65.3 Å². The van der Waals surface area contributed by atoms with Gasteiger partial charge in [-0.1, -0.05) is 30.3 Å². The van der Waals surface area contributed by atoms with Crippen molar-refractivity contribution in [3.8, 4) is 22.7 Å². The Morgan fingerprint density at radius 2 is 1.85 bits per heavy atom. The van der Waals surface area contributed by atoms with Gasteiger partial charge in [0.05, 0.1) is 24.2 Å². The summed E-state index contributed by atoms with van der Waals surface area (Å²) < 4.78 is 12.4. The fraction of sp³-hybridized carbons (Fsp3) is 0.238. The third kappa shape index (κ3) is 3.85. The van der Waals surface area contributed by atoms with Crippen LogP contribution in [-0.4, -0.2) is 40.7 Å². The van der Waals surface area contributed by atoms with E-state index >= 15 is 0 Å². The standard InChI is InChI=1S/C21H22N2O4/c1-21(27-3,20(24)25)14-16-13-19(15-8-7-11-18(12-15)26-2)23(22-16)17-9-5-4-6-10-17/h4-13H,14H2,1-3H3,(H,24,25). The van der Waals surface area contributed by atoms with Crippen molar-refractivity contribution >= 4 is 5.97 Å². The second-order valence-electron chi connectivity index (χ2n) is 6.42. The Morgan fingerprint density at radius 3 is 2.48 bits per heavy atom. The number of ether oxygens (including phenoxy) is 2. The lowest BCUT2D eigenvalue weighted by Crippen LogP contribution is -2.39. The summed E-state index contributed by atoms with van der Waals surface area (Å²) in [7, 11) is 3.02. The van der Waals surface area contributed by atoms with E-state index in [2.05, 4.69) is 5.10 Å². The van der Waals surface area contributed by atoms with Gasteiger partial charge in [-0.15, -0.1) is 0 Å². The summed E-state index contributed by atoms with van der Waals surface area (Å²) in [5.74, 6) is -0.288. The van der Waals surface area contributed by atoms with E-state index in [1.54, 1.807) is 14.0 Å². The molecule has 0 aliphatic rings. The molecule has 0 saturated carbocycles. The zero-order valence-electron chi connectivity index (χ0n) is 15.5. The number of carbonyl (C=O) groups is 1. The smallest absolute Gasteiger partial charge is 0.336 e. The largest absolute Gasteiger partial charge is 0.497 e. The highest BCUT2D eigenvalue weighted by molar-refractivity contribution is 5.77. The lowest BCUT2D eigenvalue weighted by Gasteiger charge is -2.21. The number of rotatable bonds is 7. The molecule has 6 nitrogen and oxygen atoms in total. The molecule has 1 N–H and O–H groups in total. The molecule has 2 aromatic carbocycles. The summed E-state index contributed by atoms with van der Waals surface area (Å²) in [5, 5.41) is 14.2. The van der Waals surface area contributed by atoms with E-state index in [4.69, 9.17) is 9.47 Å². The molecular weight excluding hydrogens is 344 g/mol. The van der Waals surface area contributed by atoms with E-state index in [9.17, 15) is 9.90 Å². The Balaban J connectivity index is 2.11. The van der Waals surface area contributed by atoms with Gasteiger partial charge in [0.1, 0.15) is 5.75 Å². The van der Waals surface area contributed by atoms with Crippen molar-refractivity contribution in [3.05, 3.63) is 66.4 Å². The van der Waals surface area contributed by atoms with Crippen LogP contribution in [-0.2, 0) is 16.0 Å². The van der Waals surface area contributed by atoms with Gasteiger partial charge in [-0.05, 0) is 37.3 Å². The van der Waals surface area contributed by atoms with Gasteiger partial charge in [0.25, 0.3) is 0 Å². The summed E-state index contributed by atoms with van der Waals surface area (Å²) in [6, 6.07) is 19.3. The fourth-order valence-corrected chi connectivity index (χ4v) is 2.85. The molecule has 0 aliphatic heterocycles. The minimum absolute atomic E-state index is 0.148. The molecule has 3 aromatic rings. The number of nitrogens with zero attached hydrogens (tertiary/aromatic N) is 2. The van der Waals surface area contributed by atoms with Crippen molar-refractivity contribution in [1.82, 2.24) is 9.78 Å². The maximum absolute atomic E-state index is 11.6. The third-order valence-corrected chi connectivity index (χ3v) is 4.55. The normalized spacial score (nSPS) is 13.1. The first-order chi connectivity index (χ1) is 13.0. The Bertz CT molecular complexity index is 936. The van der Waals surface area contributed by atoms with E-state index < -0.39 is 11.6 Å². The summed E-state index contributed by atoms with van der Waals surface area (Å²) in [6.45, 7) is 1.54. The lowest BCUT2D eigenvalue weighted by molar-refractivity contribution is -0.160. The number of carboxylic acid groups (broad SMARTS) is 1. The van der Waals surface area contributed by atoms with Crippen molar-refractivity contribution in [2.75, 3.05) is 14.2 Å². The molecule has 1 atom stereocenters. The van der Waals surface area contributed by atoms with Gasteiger partial charge in [-0.2, -0.15) is 5.10 Å².